The monoisotopic (exact) mass is 453 g/mol. The van der Waals surface area contributed by atoms with Gasteiger partial charge in [-0.05, 0) is 43.3 Å². The van der Waals surface area contributed by atoms with Gasteiger partial charge in [0.1, 0.15) is 18.2 Å². The van der Waals surface area contributed by atoms with E-state index in [4.69, 9.17) is 21.1 Å². The Balaban J connectivity index is 1.34. The highest BCUT2D eigenvalue weighted by Crippen LogP contribution is 2.32. The van der Waals surface area contributed by atoms with Gasteiger partial charge in [-0.2, -0.15) is 0 Å². The molecule has 0 saturated heterocycles. The van der Waals surface area contributed by atoms with Gasteiger partial charge in [-0.15, -0.1) is 0 Å². The molecule has 0 unspecified atom stereocenters. The van der Waals surface area contributed by atoms with Crippen LogP contribution in [0.1, 0.15) is 23.4 Å². The number of rotatable bonds is 10. The summed E-state index contributed by atoms with van der Waals surface area (Å²) >= 11 is 6.13. The minimum Gasteiger partial charge on any atom is -0.493 e. The molecule has 0 amide bonds. The van der Waals surface area contributed by atoms with E-state index in [1.165, 1.54) is 6.07 Å². The minimum atomic E-state index is -0.391. The lowest BCUT2D eigenvalue weighted by Crippen LogP contribution is -2.16. The number of ether oxygens (including phenoxy) is 2. The molecule has 3 aromatic carbocycles. The molecular formula is C25H25ClFN3O2. The van der Waals surface area contributed by atoms with Crippen molar-refractivity contribution in [3.63, 3.8) is 0 Å². The lowest BCUT2D eigenvalue weighted by atomic mass is 10.1. The van der Waals surface area contributed by atoms with E-state index in [0.29, 0.717) is 28.6 Å². The van der Waals surface area contributed by atoms with Crippen molar-refractivity contribution < 1.29 is 13.9 Å². The highest BCUT2D eigenvalue weighted by atomic mass is 35.5. The van der Waals surface area contributed by atoms with Crippen molar-refractivity contribution in [2.75, 3.05) is 13.7 Å². The smallest absolute Gasteiger partial charge is 0.166 e. The average Bonchev–Trinajstić information content (AvgIpc) is 3.22. The number of halogens is 2. The van der Waals surface area contributed by atoms with E-state index in [9.17, 15) is 4.39 Å². The third kappa shape index (κ3) is 5.21. The Kier molecular flexibility index (Phi) is 7.24. The summed E-state index contributed by atoms with van der Waals surface area (Å²) in [5.74, 6) is 1.77. The molecule has 1 aromatic heterocycles. The number of aryl methyl sites for hydroxylation is 1. The van der Waals surface area contributed by atoms with Gasteiger partial charge in [-0.25, -0.2) is 9.37 Å². The van der Waals surface area contributed by atoms with Crippen molar-refractivity contribution >= 4 is 22.6 Å². The number of para-hydroxylation sites is 3. The van der Waals surface area contributed by atoms with Gasteiger partial charge >= 0.3 is 0 Å². The first-order chi connectivity index (χ1) is 15.7. The van der Waals surface area contributed by atoms with Crippen molar-refractivity contribution in [1.82, 2.24) is 15.3 Å². The molecule has 0 fully saturated rings. The summed E-state index contributed by atoms with van der Waals surface area (Å²) in [7, 11) is 1.59. The summed E-state index contributed by atoms with van der Waals surface area (Å²) in [5.41, 5.74) is 3.30. The molecule has 166 valence electrons. The topological polar surface area (TPSA) is 59.2 Å². The second-order valence-corrected chi connectivity index (χ2v) is 7.83. The second kappa shape index (κ2) is 10.5. The van der Waals surface area contributed by atoms with Crippen LogP contribution in [0, 0.1) is 5.82 Å². The Morgan fingerprint density at radius 2 is 1.91 bits per heavy atom. The molecule has 0 atom stereocenters. The first-order valence-electron chi connectivity index (χ1n) is 10.5. The van der Waals surface area contributed by atoms with Crippen molar-refractivity contribution in [2.24, 2.45) is 0 Å². The number of aromatic amines is 1. The number of nitrogens with one attached hydrogen (secondary N) is 2. The largest absolute Gasteiger partial charge is 0.493 e. The predicted octanol–water partition coefficient (Wildman–Crippen LogP) is 5.67. The maximum atomic E-state index is 14.1. The number of hydrogen-bond acceptors (Lipinski definition) is 4. The van der Waals surface area contributed by atoms with Crippen LogP contribution >= 0.6 is 11.6 Å². The Bertz CT molecular complexity index is 1140. The summed E-state index contributed by atoms with van der Waals surface area (Å²) in [6, 6.07) is 18.3. The number of nitrogens with zero attached hydrogens (tertiary/aromatic N) is 1. The van der Waals surface area contributed by atoms with Crippen LogP contribution < -0.4 is 14.8 Å². The zero-order chi connectivity index (χ0) is 22.3. The standard InChI is InChI=1S/C25H25ClFN3O2/c1-31-23-12-4-7-17(25(23)32-16-18-19(26)8-5-9-20(18)27)15-28-14-6-13-24-29-21-10-2-3-11-22(21)30-24/h2-5,7-12,28H,6,13-16H2,1H3,(H,29,30). The number of benzene rings is 3. The van der Waals surface area contributed by atoms with Crippen LogP contribution in [0.2, 0.25) is 5.02 Å². The molecule has 1 heterocycles. The SMILES string of the molecule is COc1cccc(CNCCCc2nc3ccccc3[nH]2)c1OCc1c(F)cccc1Cl. The summed E-state index contributed by atoms with van der Waals surface area (Å²) in [6.07, 6.45) is 1.79. The fraction of sp³-hybridized carbons (Fsp3) is 0.240. The number of imidazole rings is 1. The van der Waals surface area contributed by atoms with Crippen LogP contribution in [0.3, 0.4) is 0 Å². The molecule has 32 heavy (non-hydrogen) atoms. The predicted molar refractivity (Wildman–Crippen MR) is 125 cm³/mol. The molecule has 7 heteroatoms. The maximum Gasteiger partial charge on any atom is 0.166 e. The quantitative estimate of drug-likeness (QED) is 0.304. The lowest BCUT2D eigenvalue weighted by molar-refractivity contribution is 0.276. The van der Waals surface area contributed by atoms with Crippen molar-refractivity contribution in [1.29, 1.82) is 0 Å². The van der Waals surface area contributed by atoms with Crippen LogP contribution in [0.5, 0.6) is 11.5 Å². The molecule has 4 rings (SSSR count). The number of aromatic nitrogens is 2. The summed E-state index contributed by atoms with van der Waals surface area (Å²) in [6.45, 7) is 1.43. The molecule has 5 nitrogen and oxygen atoms in total. The van der Waals surface area contributed by atoms with Crippen LogP contribution in [0.25, 0.3) is 11.0 Å². The molecule has 0 aliphatic heterocycles. The third-order valence-corrected chi connectivity index (χ3v) is 5.58. The number of hydrogen-bond donors (Lipinski definition) is 2. The summed E-state index contributed by atoms with van der Waals surface area (Å²) < 4.78 is 25.5. The van der Waals surface area contributed by atoms with E-state index < -0.39 is 5.82 Å². The van der Waals surface area contributed by atoms with Gasteiger partial charge in [0.15, 0.2) is 11.5 Å². The minimum absolute atomic E-state index is 0.0188. The maximum absolute atomic E-state index is 14.1. The van der Waals surface area contributed by atoms with Gasteiger partial charge in [-0.1, -0.05) is 41.9 Å². The van der Waals surface area contributed by atoms with Gasteiger partial charge in [0, 0.05) is 24.1 Å². The highest BCUT2D eigenvalue weighted by Gasteiger charge is 2.14. The first kappa shape index (κ1) is 22.1. The van der Waals surface area contributed by atoms with Gasteiger partial charge in [0.25, 0.3) is 0 Å². The van der Waals surface area contributed by atoms with Crippen LogP contribution in [-0.2, 0) is 19.6 Å². The highest BCUT2D eigenvalue weighted by molar-refractivity contribution is 6.31. The average molecular weight is 454 g/mol. The molecule has 0 aliphatic carbocycles. The van der Waals surface area contributed by atoms with E-state index in [2.05, 4.69) is 15.3 Å². The van der Waals surface area contributed by atoms with Crippen molar-refractivity contribution in [2.45, 2.75) is 26.0 Å². The van der Waals surface area contributed by atoms with Crippen LogP contribution in [0.15, 0.2) is 60.7 Å². The Labute approximate surface area is 191 Å². The zero-order valence-electron chi connectivity index (χ0n) is 17.8. The van der Waals surface area contributed by atoms with E-state index in [1.807, 2.05) is 42.5 Å². The van der Waals surface area contributed by atoms with Gasteiger partial charge in [0.05, 0.1) is 23.2 Å². The molecular weight excluding hydrogens is 429 g/mol. The summed E-state index contributed by atoms with van der Waals surface area (Å²) in [4.78, 5) is 7.96. The van der Waals surface area contributed by atoms with Crippen LogP contribution in [-0.4, -0.2) is 23.6 Å². The molecule has 0 radical (unpaired) electrons. The number of fused-ring (bicyclic) bond motifs is 1. The van der Waals surface area contributed by atoms with Gasteiger partial charge in [0.2, 0.25) is 0 Å². The fourth-order valence-corrected chi connectivity index (χ4v) is 3.79. The zero-order valence-corrected chi connectivity index (χ0v) is 18.6. The molecule has 0 spiro atoms. The molecule has 0 aliphatic rings. The molecule has 0 bridgehead atoms. The second-order valence-electron chi connectivity index (χ2n) is 7.42. The number of methoxy groups -OCH3 is 1. The van der Waals surface area contributed by atoms with E-state index in [1.54, 1.807) is 19.2 Å². The Morgan fingerprint density at radius 3 is 2.72 bits per heavy atom. The van der Waals surface area contributed by atoms with E-state index in [-0.39, 0.29) is 6.61 Å². The lowest BCUT2D eigenvalue weighted by Gasteiger charge is -2.16. The first-order valence-corrected chi connectivity index (χ1v) is 10.9. The Hall–Kier alpha value is -3.09. The van der Waals surface area contributed by atoms with E-state index >= 15 is 0 Å². The van der Waals surface area contributed by atoms with E-state index in [0.717, 1.165) is 41.8 Å². The summed E-state index contributed by atoms with van der Waals surface area (Å²) in [5, 5.41) is 3.78. The fourth-order valence-electron chi connectivity index (χ4n) is 3.57. The van der Waals surface area contributed by atoms with Gasteiger partial charge < -0.3 is 19.8 Å². The molecule has 4 aromatic rings. The Morgan fingerprint density at radius 1 is 1.06 bits per heavy atom. The molecule has 0 saturated carbocycles. The normalized spacial score (nSPS) is 11.1. The van der Waals surface area contributed by atoms with Crippen LogP contribution in [0.4, 0.5) is 4.39 Å². The van der Waals surface area contributed by atoms with Gasteiger partial charge in [-0.3, -0.25) is 0 Å². The third-order valence-electron chi connectivity index (χ3n) is 5.22. The molecule has 2 N–H and O–H groups in total. The van der Waals surface area contributed by atoms with Crippen molar-refractivity contribution in [3.8, 4) is 11.5 Å². The van der Waals surface area contributed by atoms with Crippen molar-refractivity contribution in [3.05, 3.63) is 88.5 Å². The number of H-pyrrole nitrogens is 1.